The van der Waals surface area contributed by atoms with Crippen molar-refractivity contribution >= 4 is 40.2 Å². The van der Waals surface area contributed by atoms with Gasteiger partial charge in [-0.15, -0.1) is 0 Å². The summed E-state index contributed by atoms with van der Waals surface area (Å²) in [5.74, 6) is 0.516. The van der Waals surface area contributed by atoms with Crippen molar-refractivity contribution in [3.63, 3.8) is 0 Å². The van der Waals surface area contributed by atoms with Crippen LogP contribution in [0.1, 0.15) is 5.56 Å². The number of aromatic nitrogens is 1. The molecule has 1 aromatic heterocycles. The predicted molar refractivity (Wildman–Crippen MR) is 121 cm³/mol. The molecule has 4 aromatic rings. The summed E-state index contributed by atoms with van der Waals surface area (Å²) in [4.78, 5) is 28.8. The predicted octanol–water partition coefficient (Wildman–Crippen LogP) is 5.17. The van der Waals surface area contributed by atoms with Crippen LogP contribution in [0.4, 0.5) is 5.69 Å². The van der Waals surface area contributed by atoms with Crippen molar-refractivity contribution in [2.75, 3.05) is 12.4 Å². The molecule has 0 unspecified atom stereocenters. The third-order valence-electron chi connectivity index (χ3n) is 4.54. The number of anilines is 1. The molecule has 3 aromatic carbocycles. The van der Waals surface area contributed by atoms with E-state index in [-0.39, 0.29) is 11.8 Å². The molecule has 4 rings (SSSR count). The van der Waals surface area contributed by atoms with E-state index < -0.39 is 5.63 Å². The largest absolute Gasteiger partial charge is 0.496 e. The first kappa shape index (κ1) is 20.4. The minimum absolute atomic E-state index is 0.217. The summed E-state index contributed by atoms with van der Waals surface area (Å²) < 4.78 is 10.6. The van der Waals surface area contributed by atoms with Gasteiger partial charge in [-0.3, -0.25) is 4.79 Å². The molecule has 6 nitrogen and oxygen atoms in total. The Labute approximate surface area is 182 Å². The van der Waals surface area contributed by atoms with Crippen molar-refractivity contribution in [3.05, 3.63) is 93.8 Å². The number of hydrogen-bond donors (Lipinski definition) is 1. The van der Waals surface area contributed by atoms with Gasteiger partial charge >= 0.3 is 5.63 Å². The first-order valence-corrected chi connectivity index (χ1v) is 9.74. The Balaban J connectivity index is 1.50. The molecule has 7 heteroatoms. The molecule has 1 heterocycles. The molecular weight excluding hydrogens is 416 g/mol. The fourth-order valence-corrected chi connectivity index (χ4v) is 3.20. The molecule has 0 atom stereocenters. The quantitative estimate of drug-likeness (QED) is 0.440. The molecule has 0 aliphatic carbocycles. The lowest BCUT2D eigenvalue weighted by molar-refractivity contribution is -0.111. The van der Waals surface area contributed by atoms with Gasteiger partial charge in [-0.2, -0.15) is 0 Å². The zero-order chi connectivity index (χ0) is 21.8. The van der Waals surface area contributed by atoms with Crippen LogP contribution in [0, 0.1) is 0 Å². The van der Waals surface area contributed by atoms with Gasteiger partial charge in [0, 0.05) is 27.9 Å². The highest BCUT2D eigenvalue weighted by Gasteiger charge is 2.09. The van der Waals surface area contributed by atoms with E-state index in [0.29, 0.717) is 38.5 Å². The Morgan fingerprint density at radius 3 is 2.65 bits per heavy atom. The van der Waals surface area contributed by atoms with Gasteiger partial charge in [0.15, 0.2) is 0 Å². The van der Waals surface area contributed by atoms with Crippen molar-refractivity contribution in [3.8, 4) is 17.2 Å². The number of hydrogen-bond acceptors (Lipinski definition) is 5. The van der Waals surface area contributed by atoms with Gasteiger partial charge in [-0.1, -0.05) is 23.7 Å². The van der Waals surface area contributed by atoms with Gasteiger partial charge in [0.1, 0.15) is 5.75 Å². The smallest absolute Gasteiger partial charge is 0.347 e. The maximum Gasteiger partial charge on any atom is 0.347 e. The molecule has 1 N–H and O–H groups in total. The second kappa shape index (κ2) is 8.85. The summed E-state index contributed by atoms with van der Waals surface area (Å²) in [5, 5.41) is 3.75. The molecule has 0 bridgehead atoms. The van der Waals surface area contributed by atoms with Crippen LogP contribution in [0.3, 0.4) is 0 Å². The van der Waals surface area contributed by atoms with Crippen molar-refractivity contribution < 1.29 is 13.9 Å². The average molecular weight is 433 g/mol. The molecule has 31 heavy (non-hydrogen) atoms. The Morgan fingerprint density at radius 2 is 1.87 bits per heavy atom. The van der Waals surface area contributed by atoms with Crippen LogP contribution in [0.15, 0.2) is 82.0 Å². The second-order valence-corrected chi connectivity index (χ2v) is 7.05. The lowest BCUT2D eigenvalue weighted by atomic mass is 10.1. The Hall–Kier alpha value is -3.90. The molecular formula is C24H17ClN2O4. The number of amides is 1. The van der Waals surface area contributed by atoms with E-state index in [2.05, 4.69) is 10.3 Å². The van der Waals surface area contributed by atoms with E-state index in [0.717, 1.165) is 0 Å². The number of carbonyl (C=O) groups excluding carboxylic acids is 1. The number of para-hydroxylation sites is 1. The topological polar surface area (TPSA) is 81.4 Å². The summed E-state index contributed by atoms with van der Waals surface area (Å²) in [6.45, 7) is 0. The molecule has 0 fully saturated rings. The minimum atomic E-state index is -0.445. The third-order valence-corrected chi connectivity index (χ3v) is 4.78. The molecule has 1 amide bonds. The number of carbonyl (C=O) groups is 1. The van der Waals surface area contributed by atoms with Crippen LogP contribution in [0.2, 0.25) is 5.02 Å². The van der Waals surface area contributed by atoms with Gasteiger partial charge in [0.2, 0.25) is 11.8 Å². The number of nitrogens with one attached hydrogen (secondary N) is 1. The van der Waals surface area contributed by atoms with Crippen LogP contribution in [-0.4, -0.2) is 18.0 Å². The molecule has 0 saturated carbocycles. The molecule has 0 saturated heterocycles. The lowest BCUT2D eigenvalue weighted by Crippen LogP contribution is -2.07. The van der Waals surface area contributed by atoms with Gasteiger partial charge in [0.25, 0.3) is 0 Å². The van der Waals surface area contributed by atoms with E-state index in [1.165, 1.54) is 6.08 Å². The van der Waals surface area contributed by atoms with Crippen molar-refractivity contribution in [1.29, 1.82) is 0 Å². The number of rotatable bonds is 5. The summed E-state index contributed by atoms with van der Waals surface area (Å²) in [6.07, 6.45) is 3.02. The van der Waals surface area contributed by atoms with Crippen molar-refractivity contribution in [2.45, 2.75) is 0 Å². The number of fused-ring (bicyclic) bond motifs is 1. The van der Waals surface area contributed by atoms with E-state index in [9.17, 15) is 9.59 Å². The van der Waals surface area contributed by atoms with Crippen LogP contribution >= 0.6 is 11.6 Å². The van der Waals surface area contributed by atoms with Crippen LogP contribution in [0.5, 0.6) is 5.75 Å². The first-order valence-electron chi connectivity index (χ1n) is 9.36. The Morgan fingerprint density at radius 1 is 1.10 bits per heavy atom. The van der Waals surface area contributed by atoms with Crippen molar-refractivity contribution in [1.82, 2.24) is 4.98 Å². The SMILES string of the molecule is COc1ccc(Cl)cc1/C=C/C(=O)Nc1ccc(-c2nc3ccccc3c(=O)o2)cc1. The Bertz CT molecular complexity index is 1340. The maximum absolute atomic E-state index is 12.3. The number of nitrogens with zero attached hydrogens (tertiary/aromatic N) is 1. The van der Waals surface area contributed by atoms with E-state index >= 15 is 0 Å². The van der Waals surface area contributed by atoms with Gasteiger partial charge in [-0.25, -0.2) is 9.78 Å². The molecule has 0 aliphatic heterocycles. The first-order chi connectivity index (χ1) is 15.0. The number of methoxy groups -OCH3 is 1. The Kier molecular flexibility index (Phi) is 5.82. The third kappa shape index (κ3) is 4.65. The van der Waals surface area contributed by atoms with E-state index in [1.54, 1.807) is 73.8 Å². The van der Waals surface area contributed by atoms with E-state index in [1.807, 2.05) is 6.07 Å². The molecule has 0 radical (unpaired) electrons. The summed E-state index contributed by atoms with van der Waals surface area (Å²) in [6, 6.07) is 19.0. The molecule has 154 valence electrons. The summed E-state index contributed by atoms with van der Waals surface area (Å²) in [5.41, 5.74) is 2.02. The summed E-state index contributed by atoms with van der Waals surface area (Å²) >= 11 is 6.00. The average Bonchev–Trinajstić information content (AvgIpc) is 2.78. The van der Waals surface area contributed by atoms with Crippen LogP contribution in [0.25, 0.3) is 28.4 Å². The zero-order valence-electron chi connectivity index (χ0n) is 16.5. The molecule has 0 aliphatic rings. The van der Waals surface area contributed by atoms with Crippen LogP contribution < -0.4 is 15.7 Å². The minimum Gasteiger partial charge on any atom is -0.496 e. The fraction of sp³-hybridized carbons (Fsp3) is 0.0417. The number of benzene rings is 3. The van der Waals surface area contributed by atoms with Crippen LogP contribution in [-0.2, 0) is 4.79 Å². The monoisotopic (exact) mass is 432 g/mol. The number of halogens is 1. The highest BCUT2D eigenvalue weighted by atomic mass is 35.5. The standard InChI is InChI=1S/C24H17ClN2O4/c1-30-21-12-9-17(25)14-16(21)8-13-22(28)26-18-10-6-15(7-11-18)23-27-20-5-3-2-4-19(20)24(29)31-23/h2-14H,1H3,(H,26,28)/b13-8+. The van der Waals surface area contributed by atoms with E-state index in [4.69, 9.17) is 20.8 Å². The lowest BCUT2D eigenvalue weighted by Gasteiger charge is -2.06. The zero-order valence-corrected chi connectivity index (χ0v) is 17.2. The van der Waals surface area contributed by atoms with Gasteiger partial charge in [0.05, 0.1) is 18.0 Å². The highest BCUT2D eigenvalue weighted by Crippen LogP contribution is 2.24. The molecule has 0 spiro atoms. The maximum atomic E-state index is 12.3. The second-order valence-electron chi connectivity index (χ2n) is 6.61. The van der Waals surface area contributed by atoms with Crippen molar-refractivity contribution in [2.24, 2.45) is 0 Å². The number of ether oxygens (including phenoxy) is 1. The fourth-order valence-electron chi connectivity index (χ4n) is 3.02. The van der Waals surface area contributed by atoms with Gasteiger partial charge < -0.3 is 14.5 Å². The highest BCUT2D eigenvalue weighted by molar-refractivity contribution is 6.30. The summed E-state index contributed by atoms with van der Waals surface area (Å²) in [7, 11) is 1.55. The van der Waals surface area contributed by atoms with Gasteiger partial charge in [-0.05, 0) is 60.7 Å². The normalized spacial score (nSPS) is 11.0.